The lowest BCUT2D eigenvalue weighted by atomic mass is 10.1. The number of H-pyrrole nitrogens is 1. The van der Waals surface area contributed by atoms with Gasteiger partial charge in [0, 0.05) is 28.9 Å². The highest BCUT2D eigenvalue weighted by atomic mass is 16.3. The third kappa shape index (κ3) is 2.92. The highest BCUT2D eigenvalue weighted by molar-refractivity contribution is 5.78. The van der Waals surface area contributed by atoms with Gasteiger partial charge in [-0.3, -0.25) is 4.79 Å². The Hall–Kier alpha value is -3.34. The van der Waals surface area contributed by atoms with Crippen LogP contribution in [0.5, 0.6) is 0 Å². The summed E-state index contributed by atoms with van der Waals surface area (Å²) in [5.74, 6) is 0.588. The Bertz CT molecular complexity index is 1080. The summed E-state index contributed by atoms with van der Waals surface area (Å²) >= 11 is 0. The molecule has 4 aromatic rings. The van der Waals surface area contributed by atoms with Gasteiger partial charge in [0.05, 0.1) is 6.20 Å². The van der Waals surface area contributed by atoms with E-state index in [4.69, 9.17) is 4.42 Å². The molecule has 0 aliphatic rings. The van der Waals surface area contributed by atoms with E-state index in [0.29, 0.717) is 18.0 Å². The maximum absolute atomic E-state index is 12.3. The minimum absolute atomic E-state index is 0.0762. The average molecular weight is 331 g/mol. The van der Waals surface area contributed by atoms with Crippen LogP contribution in [-0.2, 0) is 6.54 Å². The summed E-state index contributed by atoms with van der Waals surface area (Å²) in [6.07, 6.45) is 3.19. The van der Waals surface area contributed by atoms with Crippen LogP contribution in [0.2, 0.25) is 0 Å². The van der Waals surface area contributed by atoms with Crippen molar-refractivity contribution in [1.82, 2.24) is 9.97 Å². The number of pyridine rings is 1. The van der Waals surface area contributed by atoms with E-state index in [0.717, 1.165) is 27.7 Å². The topological polar surface area (TPSA) is 70.9 Å². The zero-order chi connectivity index (χ0) is 17.2. The third-order valence-corrected chi connectivity index (χ3v) is 4.30. The molecule has 25 heavy (non-hydrogen) atoms. The van der Waals surface area contributed by atoms with Crippen molar-refractivity contribution in [3.63, 3.8) is 0 Å². The number of aromatic amines is 1. The maximum Gasteiger partial charge on any atom is 0.253 e. The van der Waals surface area contributed by atoms with Gasteiger partial charge in [-0.2, -0.15) is 0 Å². The molecule has 0 radical (unpaired) electrons. The van der Waals surface area contributed by atoms with Crippen LogP contribution in [0, 0.1) is 6.92 Å². The first-order valence-electron chi connectivity index (χ1n) is 8.06. The Kier molecular flexibility index (Phi) is 3.82. The number of nitrogens with one attached hydrogen (secondary N) is 2. The largest absolute Gasteiger partial charge is 0.445 e. The first kappa shape index (κ1) is 15.2. The van der Waals surface area contributed by atoms with Crippen LogP contribution in [0.15, 0.2) is 70.2 Å². The second kappa shape index (κ2) is 6.28. The molecule has 0 aliphatic heterocycles. The van der Waals surface area contributed by atoms with Gasteiger partial charge in [-0.25, -0.2) is 4.98 Å². The van der Waals surface area contributed by atoms with E-state index >= 15 is 0 Å². The molecule has 4 rings (SSSR count). The van der Waals surface area contributed by atoms with E-state index in [9.17, 15) is 4.79 Å². The number of nitrogens with zero attached hydrogens (tertiary/aromatic N) is 1. The summed E-state index contributed by atoms with van der Waals surface area (Å²) < 4.78 is 5.39. The average Bonchev–Trinajstić information content (AvgIpc) is 3.15. The summed E-state index contributed by atoms with van der Waals surface area (Å²) in [5.41, 5.74) is 4.37. The van der Waals surface area contributed by atoms with Gasteiger partial charge in [0.15, 0.2) is 0 Å². The minimum atomic E-state index is -0.0762. The minimum Gasteiger partial charge on any atom is -0.445 e. The molecule has 0 bridgehead atoms. The Morgan fingerprint density at radius 3 is 2.88 bits per heavy atom. The van der Waals surface area contributed by atoms with Crippen molar-refractivity contribution in [3.8, 4) is 11.5 Å². The fourth-order valence-electron chi connectivity index (χ4n) is 2.93. The molecule has 2 aromatic heterocycles. The van der Waals surface area contributed by atoms with E-state index in [1.165, 1.54) is 0 Å². The van der Waals surface area contributed by atoms with Gasteiger partial charge in [-0.05, 0) is 42.1 Å². The van der Waals surface area contributed by atoms with Crippen molar-refractivity contribution in [2.24, 2.45) is 0 Å². The van der Waals surface area contributed by atoms with Crippen molar-refractivity contribution in [2.75, 3.05) is 5.32 Å². The second-order valence-corrected chi connectivity index (χ2v) is 5.88. The number of anilines is 1. The van der Waals surface area contributed by atoms with Gasteiger partial charge in [-0.15, -0.1) is 0 Å². The first-order chi connectivity index (χ1) is 12.2. The van der Waals surface area contributed by atoms with Crippen molar-refractivity contribution in [1.29, 1.82) is 0 Å². The number of fused-ring (bicyclic) bond motifs is 1. The van der Waals surface area contributed by atoms with E-state index in [2.05, 4.69) is 15.3 Å². The molecule has 5 heteroatoms. The highest BCUT2D eigenvalue weighted by Gasteiger charge is 2.10. The summed E-state index contributed by atoms with van der Waals surface area (Å²) in [6, 6.07) is 15.6. The SMILES string of the molecule is Cc1c(NCc2cc3ccccc3[nH]c2=O)cccc1-c1ncco1. The van der Waals surface area contributed by atoms with Crippen LogP contribution in [0.3, 0.4) is 0 Å². The number of para-hydroxylation sites is 1. The zero-order valence-electron chi connectivity index (χ0n) is 13.7. The van der Waals surface area contributed by atoms with E-state index in [1.807, 2.05) is 55.5 Å². The Morgan fingerprint density at radius 2 is 2.04 bits per heavy atom. The van der Waals surface area contributed by atoms with Gasteiger partial charge >= 0.3 is 0 Å². The van der Waals surface area contributed by atoms with Crippen molar-refractivity contribution < 1.29 is 4.42 Å². The molecule has 0 saturated heterocycles. The molecule has 2 aromatic carbocycles. The lowest BCUT2D eigenvalue weighted by Crippen LogP contribution is -2.16. The fourth-order valence-corrected chi connectivity index (χ4v) is 2.93. The van der Waals surface area contributed by atoms with Gasteiger partial charge in [0.1, 0.15) is 6.26 Å². The Balaban J connectivity index is 1.63. The van der Waals surface area contributed by atoms with Gasteiger partial charge in [0.25, 0.3) is 5.56 Å². The molecule has 2 heterocycles. The van der Waals surface area contributed by atoms with Crippen LogP contribution in [-0.4, -0.2) is 9.97 Å². The molecule has 0 spiro atoms. The monoisotopic (exact) mass is 331 g/mol. The molecular weight excluding hydrogens is 314 g/mol. The summed E-state index contributed by atoms with van der Waals surface area (Å²) in [6.45, 7) is 2.45. The predicted molar refractivity (Wildman–Crippen MR) is 98.6 cm³/mol. The van der Waals surface area contributed by atoms with Crippen LogP contribution < -0.4 is 10.9 Å². The summed E-state index contributed by atoms with van der Waals surface area (Å²) in [4.78, 5) is 19.4. The number of oxazole rings is 1. The van der Waals surface area contributed by atoms with Crippen molar-refractivity contribution in [3.05, 3.63) is 82.5 Å². The van der Waals surface area contributed by atoms with E-state index < -0.39 is 0 Å². The normalized spacial score (nSPS) is 10.9. The van der Waals surface area contributed by atoms with E-state index in [-0.39, 0.29) is 5.56 Å². The first-order valence-corrected chi connectivity index (χ1v) is 8.06. The van der Waals surface area contributed by atoms with Crippen LogP contribution >= 0.6 is 0 Å². The zero-order valence-corrected chi connectivity index (χ0v) is 13.7. The van der Waals surface area contributed by atoms with Crippen molar-refractivity contribution in [2.45, 2.75) is 13.5 Å². The van der Waals surface area contributed by atoms with Gasteiger partial charge < -0.3 is 14.7 Å². The molecule has 0 saturated carbocycles. The second-order valence-electron chi connectivity index (χ2n) is 5.88. The third-order valence-electron chi connectivity index (χ3n) is 4.30. The molecule has 5 nitrogen and oxygen atoms in total. The van der Waals surface area contributed by atoms with Gasteiger partial charge in [0.2, 0.25) is 5.89 Å². The Morgan fingerprint density at radius 1 is 1.16 bits per heavy atom. The predicted octanol–water partition coefficient (Wildman–Crippen LogP) is 4.10. The Labute approximate surface area is 144 Å². The van der Waals surface area contributed by atoms with Crippen LogP contribution in [0.4, 0.5) is 5.69 Å². The molecule has 2 N–H and O–H groups in total. The smallest absolute Gasteiger partial charge is 0.253 e. The van der Waals surface area contributed by atoms with Crippen LogP contribution in [0.1, 0.15) is 11.1 Å². The molecule has 0 fully saturated rings. The number of rotatable bonds is 4. The lowest BCUT2D eigenvalue weighted by molar-refractivity contribution is 0.574. The van der Waals surface area contributed by atoms with E-state index in [1.54, 1.807) is 12.5 Å². The van der Waals surface area contributed by atoms with Crippen LogP contribution in [0.25, 0.3) is 22.4 Å². The lowest BCUT2D eigenvalue weighted by Gasteiger charge is -2.12. The standard InChI is InChI=1S/C20H17N3O2/c1-13-16(20-21-9-10-25-20)6-4-8-17(13)22-12-15-11-14-5-2-3-7-18(14)23-19(15)24/h2-11,22H,12H2,1H3,(H,23,24). The van der Waals surface area contributed by atoms with Crippen molar-refractivity contribution >= 4 is 16.6 Å². The highest BCUT2D eigenvalue weighted by Crippen LogP contribution is 2.27. The molecule has 0 amide bonds. The molecule has 0 aliphatic carbocycles. The summed E-state index contributed by atoms with van der Waals surface area (Å²) in [5, 5.41) is 4.37. The number of hydrogen-bond donors (Lipinski definition) is 2. The maximum atomic E-state index is 12.3. The molecule has 124 valence electrons. The molecule has 0 atom stereocenters. The molecule has 0 unspecified atom stereocenters. The van der Waals surface area contributed by atoms with Gasteiger partial charge in [-0.1, -0.05) is 24.3 Å². The fraction of sp³-hybridized carbons (Fsp3) is 0.100. The number of hydrogen-bond acceptors (Lipinski definition) is 4. The molecular formula is C20H17N3O2. The number of aromatic nitrogens is 2. The quantitative estimate of drug-likeness (QED) is 0.590. The summed E-state index contributed by atoms with van der Waals surface area (Å²) in [7, 11) is 0. The number of benzene rings is 2.